The third kappa shape index (κ3) is 3.82. The molecule has 0 spiro atoms. The van der Waals surface area contributed by atoms with Gasteiger partial charge in [-0.1, -0.05) is 46.5 Å². The summed E-state index contributed by atoms with van der Waals surface area (Å²) >= 11 is 0. The summed E-state index contributed by atoms with van der Waals surface area (Å²) in [4.78, 5) is 12.2. The predicted molar refractivity (Wildman–Crippen MR) is 77.1 cm³/mol. The molecule has 1 saturated carbocycles. The van der Waals surface area contributed by atoms with Crippen LogP contribution >= 0.6 is 0 Å². The van der Waals surface area contributed by atoms with E-state index >= 15 is 0 Å². The Hall–Kier alpha value is -1.32. The van der Waals surface area contributed by atoms with Crippen LogP contribution < -0.4 is 5.32 Å². The van der Waals surface area contributed by atoms with E-state index in [9.17, 15) is 4.79 Å². The monoisotopic (exact) mass is 263 g/mol. The highest BCUT2D eigenvalue weighted by Crippen LogP contribution is 2.25. The van der Waals surface area contributed by atoms with Crippen LogP contribution in [0.3, 0.4) is 0 Å². The molecule has 0 atom stereocenters. The minimum absolute atomic E-state index is 0.0261. The number of aromatic amines is 1. The first-order chi connectivity index (χ1) is 8.97. The van der Waals surface area contributed by atoms with Gasteiger partial charge in [-0.05, 0) is 12.8 Å². The van der Waals surface area contributed by atoms with E-state index in [-0.39, 0.29) is 17.2 Å². The van der Waals surface area contributed by atoms with Gasteiger partial charge in [-0.2, -0.15) is 5.10 Å². The van der Waals surface area contributed by atoms with Gasteiger partial charge in [0.25, 0.3) is 0 Å². The summed E-state index contributed by atoms with van der Waals surface area (Å²) in [7, 11) is 0. The van der Waals surface area contributed by atoms with Crippen LogP contribution in [-0.2, 0) is 10.2 Å². The fourth-order valence-corrected chi connectivity index (χ4v) is 2.54. The fraction of sp³-hybridized carbons (Fsp3) is 0.733. The van der Waals surface area contributed by atoms with E-state index in [4.69, 9.17) is 0 Å². The van der Waals surface area contributed by atoms with Gasteiger partial charge in [-0.3, -0.25) is 9.89 Å². The van der Waals surface area contributed by atoms with Gasteiger partial charge >= 0.3 is 0 Å². The second-order valence-corrected chi connectivity index (χ2v) is 6.59. The van der Waals surface area contributed by atoms with E-state index in [0.29, 0.717) is 5.82 Å². The Morgan fingerprint density at radius 2 is 1.89 bits per heavy atom. The Morgan fingerprint density at radius 3 is 2.42 bits per heavy atom. The standard InChI is InChI=1S/C15H25N3O/c1-15(2,3)12-10-13(18-17-12)16-14(19)11-8-6-4-5-7-9-11/h10-11H,4-9H2,1-3H3,(H2,16,17,18,19). The summed E-state index contributed by atoms with van der Waals surface area (Å²) in [5, 5.41) is 10.1. The second-order valence-electron chi connectivity index (χ2n) is 6.59. The van der Waals surface area contributed by atoms with Crippen molar-refractivity contribution in [3.63, 3.8) is 0 Å². The third-order valence-corrected chi connectivity index (χ3v) is 3.86. The number of carbonyl (C=O) groups excluding carboxylic acids is 1. The van der Waals surface area contributed by atoms with Crippen molar-refractivity contribution in [1.29, 1.82) is 0 Å². The topological polar surface area (TPSA) is 57.8 Å². The first-order valence-corrected chi connectivity index (χ1v) is 7.33. The molecule has 0 aliphatic heterocycles. The molecule has 19 heavy (non-hydrogen) atoms. The third-order valence-electron chi connectivity index (χ3n) is 3.86. The SMILES string of the molecule is CC(C)(C)c1cc(NC(=O)C2CCCCCC2)n[nH]1. The number of nitrogens with zero attached hydrogens (tertiary/aromatic N) is 1. The van der Waals surface area contributed by atoms with Gasteiger partial charge in [0, 0.05) is 23.1 Å². The smallest absolute Gasteiger partial charge is 0.228 e. The lowest BCUT2D eigenvalue weighted by Gasteiger charge is -2.15. The Morgan fingerprint density at radius 1 is 1.26 bits per heavy atom. The molecule has 1 amide bonds. The lowest BCUT2D eigenvalue weighted by atomic mass is 9.92. The quantitative estimate of drug-likeness (QED) is 0.801. The maximum Gasteiger partial charge on any atom is 0.228 e. The highest BCUT2D eigenvalue weighted by molar-refractivity contribution is 5.91. The zero-order valence-corrected chi connectivity index (χ0v) is 12.3. The first kappa shape index (κ1) is 14.1. The minimum Gasteiger partial charge on any atom is -0.309 e. The fourth-order valence-electron chi connectivity index (χ4n) is 2.54. The van der Waals surface area contributed by atoms with Gasteiger partial charge in [-0.25, -0.2) is 0 Å². The zero-order chi connectivity index (χ0) is 13.9. The van der Waals surface area contributed by atoms with Gasteiger partial charge in [-0.15, -0.1) is 0 Å². The zero-order valence-electron chi connectivity index (χ0n) is 12.3. The normalized spacial score (nSPS) is 18.1. The minimum atomic E-state index is 0.0261. The number of hydrogen-bond donors (Lipinski definition) is 2. The van der Waals surface area contributed by atoms with Gasteiger partial charge < -0.3 is 5.32 Å². The van der Waals surface area contributed by atoms with Crippen molar-refractivity contribution in [2.75, 3.05) is 5.32 Å². The lowest BCUT2D eigenvalue weighted by Crippen LogP contribution is -2.22. The molecule has 2 rings (SSSR count). The number of hydrogen-bond acceptors (Lipinski definition) is 2. The van der Waals surface area contributed by atoms with Gasteiger partial charge in [0.2, 0.25) is 5.91 Å². The summed E-state index contributed by atoms with van der Waals surface area (Å²) in [6.07, 6.45) is 6.91. The molecule has 4 heteroatoms. The molecule has 1 fully saturated rings. The average molecular weight is 263 g/mol. The number of carbonyl (C=O) groups is 1. The summed E-state index contributed by atoms with van der Waals surface area (Å²) in [6.45, 7) is 6.37. The number of amides is 1. The van der Waals surface area contributed by atoms with Crippen molar-refractivity contribution in [2.24, 2.45) is 5.92 Å². The molecule has 2 N–H and O–H groups in total. The molecule has 1 aromatic heterocycles. The van der Waals surface area contributed by atoms with E-state index in [1.54, 1.807) is 0 Å². The number of rotatable bonds is 2. The number of H-pyrrole nitrogens is 1. The van der Waals surface area contributed by atoms with E-state index in [1.165, 1.54) is 25.7 Å². The molecular weight excluding hydrogens is 238 g/mol. The van der Waals surface area contributed by atoms with Gasteiger partial charge in [0.05, 0.1) is 0 Å². The van der Waals surface area contributed by atoms with E-state index < -0.39 is 0 Å². The van der Waals surface area contributed by atoms with Gasteiger partial charge in [0.15, 0.2) is 5.82 Å². The molecule has 0 radical (unpaired) electrons. The Balaban J connectivity index is 1.96. The predicted octanol–water partition coefficient (Wildman–Crippen LogP) is 3.62. The van der Waals surface area contributed by atoms with Crippen LogP contribution in [0.2, 0.25) is 0 Å². The van der Waals surface area contributed by atoms with Crippen LogP contribution in [0.25, 0.3) is 0 Å². The molecule has 1 aromatic rings. The molecule has 1 aliphatic rings. The summed E-state index contributed by atoms with van der Waals surface area (Å²) in [5.41, 5.74) is 1.07. The molecule has 0 unspecified atom stereocenters. The van der Waals surface area contributed by atoms with Crippen LogP contribution in [0.1, 0.15) is 65.0 Å². The van der Waals surface area contributed by atoms with Crippen molar-refractivity contribution in [3.05, 3.63) is 11.8 Å². The van der Waals surface area contributed by atoms with E-state index in [2.05, 4.69) is 36.3 Å². The summed E-state index contributed by atoms with van der Waals surface area (Å²) in [5.74, 6) is 0.949. The Bertz CT molecular complexity index is 423. The molecule has 106 valence electrons. The molecule has 1 aliphatic carbocycles. The van der Waals surface area contributed by atoms with Crippen molar-refractivity contribution in [3.8, 4) is 0 Å². The maximum absolute atomic E-state index is 12.2. The van der Waals surface area contributed by atoms with Crippen molar-refractivity contribution < 1.29 is 4.79 Å². The number of nitrogens with one attached hydrogen (secondary N) is 2. The summed E-state index contributed by atoms with van der Waals surface area (Å²) < 4.78 is 0. The Labute approximate surface area is 115 Å². The molecule has 0 aromatic carbocycles. The molecule has 1 heterocycles. The summed E-state index contributed by atoms with van der Waals surface area (Å²) in [6, 6.07) is 1.94. The first-order valence-electron chi connectivity index (χ1n) is 7.33. The van der Waals surface area contributed by atoms with Crippen LogP contribution in [0.4, 0.5) is 5.82 Å². The van der Waals surface area contributed by atoms with Crippen LogP contribution in [0.5, 0.6) is 0 Å². The van der Waals surface area contributed by atoms with Crippen LogP contribution in [0.15, 0.2) is 6.07 Å². The maximum atomic E-state index is 12.2. The van der Waals surface area contributed by atoms with E-state index in [0.717, 1.165) is 18.5 Å². The molecular formula is C15H25N3O. The highest BCUT2D eigenvalue weighted by Gasteiger charge is 2.22. The Kier molecular flexibility index (Phi) is 4.27. The van der Waals surface area contributed by atoms with Crippen molar-refractivity contribution >= 4 is 11.7 Å². The lowest BCUT2D eigenvalue weighted by molar-refractivity contribution is -0.120. The second kappa shape index (κ2) is 5.76. The number of aromatic nitrogens is 2. The van der Waals surface area contributed by atoms with Crippen molar-refractivity contribution in [1.82, 2.24) is 10.2 Å². The van der Waals surface area contributed by atoms with Crippen LogP contribution in [0, 0.1) is 5.92 Å². The highest BCUT2D eigenvalue weighted by atomic mass is 16.1. The average Bonchev–Trinajstić information content (AvgIpc) is 2.63. The van der Waals surface area contributed by atoms with Crippen molar-refractivity contribution in [2.45, 2.75) is 64.7 Å². The van der Waals surface area contributed by atoms with Gasteiger partial charge in [0.1, 0.15) is 0 Å². The molecule has 4 nitrogen and oxygen atoms in total. The van der Waals surface area contributed by atoms with E-state index in [1.807, 2.05) is 6.07 Å². The molecule has 0 bridgehead atoms. The van der Waals surface area contributed by atoms with Crippen LogP contribution in [-0.4, -0.2) is 16.1 Å². The largest absolute Gasteiger partial charge is 0.309 e. The molecule has 0 saturated heterocycles. The number of anilines is 1.